The van der Waals surface area contributed by atoms with Crippen molar-refractivity contribution in [3.63, 3.8) is 0 Å². The summed E-state index contributed by atoms with van der Waals surface area (Å²) in [5.41, 5.74) is 0.756. The van der Waals surface area contributed by atoms with Crippen LogP contribution in [0.4, 0.5) is 8.78 Å². The third kappa shape index (κ3) is 2.91. The summed E-state index contributed by atoms with van der Waals surface area (Å²) in [6.45, 7) is 1.62. The van der Waals surface area contributed by atoms with E-state index in [-0.39, 0.29) is 28.4 Å². The van der Waals surface area contributed by atoms with Crippen molar-refractivity contribution in [1.29, 1.82) is 0 Å². The van der Waals surface area contributed by atoms with Gasteiger partial charge in [0.25, 0.3) is 5.56 Å². The topological polar surface area (TPSA) is 47.2 Å². The van der Waals surface area contributed by atoms with Crippen LogP contribution in [0.3, 0.4) is 0 Å². The quantitative estimate of drug-likeness (QED) is 0.545. The Labute approximate surface area is 166 Å². The molecule has 0 saturated carbocycles. The summed E-state index contributed by atoms with van der Waals surface area (Å²) in [6.07, 6.45) is 1.63. The lowest BCUT2D eigenvalue weighted by Crippen LogP contribution is -2.18. The molecule has 3 aromatic rings. The molecule has 0 atom stereocenters. The molecular formula is C19H11BrClF2N3O. The highest BCUT2D eigenvalue weighted by molar-refractivity contribution is 9.10. The largest absolute Gasteiger partial charge is 0.302 e. The molecule has 2 heterocycles. The number of aromatic nitrogens is 2. The molecule has 4 rings (SSSR count). The molecular weight excluding hydrogens is 440 g/mol. The lowest BCUT2D eigenvalue weighted by Gasteiger charge is -2.17. The first kappa shape index (κ1) is 18.0. The fourth-order valence-corrected chi connectivity index (χ4v) is 3.61. The summed E-state index contributed by atoms with van der Waals surface area (Å²) in [5, 5.41) is 0.262. The Balaban J connectivity index is 2.12. The molecule has 1 aliphatic heterocycles. The standard InChI is InChI=1S/C19H11BrClF2N3O/c1-9-8-26-13-6-5-10(20)17(21)16(13)18(24-7-14(26)25-19(9)27)15-11(22)3-2-4-12(15)23/h2-6,8H,7H2,1H3. The minimum absolute atomic E-state index is 0.0265. The first-order chi connectivity index (χ1) is 12.9. The van der Waals surface area contributed by atoms with Crippen LogP contribution in [0.15, 0.2) is 50.8 Å². The maximum atomic E-state index is 14.5. The molecule has 0 unspecified atom stereocenters. The van der Waals surface area contributed by atoms with Crippen LogP contribution in [0.1, 0.15) is 22.5 Å². The minimum atomic E-state index is -0.750. The van der Waals surface area contributed by atoms with E-state index in [2.05, 4.69) is 25.9 Å². The van der Waals surface area contributed by atoms with Crippen LogP contribution in [0.5, 0.6) is 0 Å². The molecule has 0 spiro atoms. The Hall–Kier alpha value is -2.38. The van der Waals surface area contributed by atoms with Crippen molar-refractivity contribution >= 4 is 33.2 Å². The third-order valence-electron chi connectivity index (χ3n) is 4.32. The van der Waals surface area contributed by atoms with Crippen LogP contribution < -0.4 is 5.56 Å². The van der Waals surface area contributed by atoms with Gasteiger partial charge in [0.05, 0.1) is 28.5 Å². The Kier molecular flexibility index (Phi) is 4.44. The van der Waals surface area contributed by atoms with Crippen molar-refractivity contribution in [3.8, 4) is 5.69 Å². The van der Waals surface area contributed by atoms with E-state index in [1.807, 2.05) is 0 Å². The molecule has 1 aromatic heterocycles. The number of nitrogens with zero attached hydrogens (tertiary/aromatic N) is 3. The maximum absolute atomic E-state index is 14.5. The Morgan fingerprint density at radius 1 is 1.15 bits per heavy atom. The monoisotopic (exact) mass is 449 g/mol. The van der Waals surface area contributed by atoms with E-state index in [4.69, 9.17) is 11.6 Å². The van der Waals surface area contributed by atoms with Crippen LogP contribution in [-0.4, -0.2) is 15.3 Å². The van der Waals surface area contributed by atoms with Crippen LogP contribution in [0, 0.1) is 18.6 Å². The van der Waals surface area contributed by atoms with Crippen LogP contribution in [-0.2, 0) is 6.54 Å². The molecule has 27 heavy (non-hydrogen) atoms. The molecule has 136 valence electrons. The summed E-state index contributed by atoms with van der Waals surface area (Å²) in [4.78, 5) is 20.4. The number of benzene rings is 2. The molecule has 1 aliphatic rings. The second kappa shape index (κ2) is 6.65. The van der Waals surface area contributed by atoms with Gasteiger partial charge in [-0.1, -0.05) is 17.7 Å². The van der Waals surface area contributed by atoms with Crippen molar-refractivity contribution < 1.29 is 8.78 Å². The van der Waals surface area contributed by atoms with Crippen LogP contribution in [0.2, 0.25) is 5.02 Å². The van der Waals surface area contributed by atoms with E-state index in [0.29, 0.717) is 27.1 Å². The van der Waals surface area contributed by atoms with Gasteiger partial charge in [-0.15, -0.1) is 0 Å². The summed E-state index contributed by atoms with van der Waals surface area (Å²) in [6, 6.07) is 7.07. The number of fused-ring (bicyclic) bond motifs is 3. The van der Waals surface area contributed by atoms with Gasteiger partial charge in [0, 0.05) is 21.8 Å². The summed E-state index contributed by atoms with van der Waals surface area (Å²) in [5.74, 6) is -1.14. The van der Waals surface area contributed by atoms with Crippen molar-refractivity contribution in [2.24, 2.45) is 4.99 Å². The molecule has 8 heteroatoms. The van der Waals surface area contributed by atoms with Crippen LogP contribution in [0.25, 0.3) is 5.69 Å². The number of aliphatic imine (C=N–C) groups is 1. The second-order valence-electron chi connectivity index (χ2n) is 6.03. The van der Waals surface area contributed by atoms with Gasteiger partial charge in [-0.05, 0) is 47.1 Å². The highest BCUT2D eigenvalue weighted by atomic mass is 79.9. The number of rotatable bonds is 1. The average Bonchev–Trinajstić information content (AvgIpc) is 2.77. The number of halogens is 4. The predicted octanol–water partition coefficient (Wildman–Crippen LogP) is 4.59. The van der Waals surface area contributed by atoms with E-state index < -0.39 is 11.6 Å². The number of aryl methyl sites for hydroxylation is 1. The smallest absolute Gasteiger partial charge is 0.275 e. The molecule has 2 aromatic carbocycles. The van der Waals surface area contributed by atoms with Crippen molar-refractivity contribution in [2.75, 3.05) is 0 Å². The lowest BCUT2D eigenvalue weighted by atomic mass is 9.99. The van der Waals surface area contributed by atoms with E-state index in [1.165, 1.54) is 6.07 Å². The lowest BCUT2D eigenvalue weighted by molar-refractivity contribution is 0.579. The van der Waals surface area contributed by atoms with Crippen molar-refractivity contribution in [1.82, 2.24) is 9.55 Å². The van der Waals surface area contributed by atoms with E-state index in [9.17, 15) is 13.6 Å². The van der Waals surface area contributed by atoms with E-state index >= 15 is 0 Å². The Morgan fingerprint density at radius 3 is 2.56 bits per heavy atom. The van der Waals surface area contributed by atoms with Gasteiger partial charge < -0.3 is 4.57 Å². The summed E-state index contributed by atoms with van der Waals surface area (Å²) >= 11 is 9.86. The third-order valence-corrected chi connectivity index (χ3v) is 5.60. The number of hydrogen-bond donors (Lipinski definition) is 0. The van der Waals surface area contributed by atoms with Gasteiger partial charge in [-0.2, -0.15) is 4.98 Å². The SMILES string of the molecule is Cc1cn2c(nc1=O)CN=C(c1c(F)cccc1F)c1c-2ccc(Br)c1Cl. The molecule has 4 nitrogen and oxygen atoms in total. The molecule has 0 saturated heterocycles. The zero-order valence-electron chi connectivity index (χ0n) is 13.9. The van der Waals surface area contributed by atoms with Gasteiger partial charge in [0.2, 0.25) is 0 Å². The molecule has 0 bridgehead atoms. The van der Waals surface area contributed by atoms with E-state index in [1.54, 1.807) is 29.8 Å². The van der Waals surface area contributed by atoms with Crippen LogP contribution >= 0.6 is 27.5 Å². The highest BCUT2D eigenvalue weighted by Gasteiger charge is 2.27. The summed E-state index contributed by atoms with van der Waals surface area (Å²) in [7, 11) is 0. The maximum Gasteiger partial charge on any atom is 0.275 e. The Bertz CT molecular complexity index is 1170. The average molecular weight is 451 g/mol. The fraction of sp³-hybridized carbons (Fsp3) is 0.105. The summed E-state index contributed by atoms with van der Waals surface area (Å²) < 4.78 is 31.2. The predicted molar refractivity (Wildman–Crippen MR) is 103 cm³/mol. The van der Waals surface area contributed by atoms with E-state index in [0.717, 1.165) is 12.1 Å². The first-order valence-electron chi connectivity index (χ1n) is 7.95. The van der Waals surface area contributed by atoms with Crippen molar-refractivity contribution in [3.05, 3.63) is 90.5 Å². The first-order valence-corrected chi connectivity index (χ1v) is 9.12. The highest BCUT2D eigenvalue weighted by Crippen LogP contribution is 2.35. The van der Waals surface area contributed by atoms with Gasteiger partial charge in [-0.25, -0.2) is 8.78 Å². The Morgan fingerprint density at radius 2 is 1.85 bits per heavy atom. The normalized spacial score (nSPS) is 12.9. The zero-order valence-corrected chi connectivity index (χ0v) is 16.3. The molecule has 0 N–H and O–H groups in total. The molecule has 0 amide bonds. The second-order valence-corrected chi connectivity index (χ2v) is 7.26. The molecule has 0 aliphatic carbocycles. The van der Waals surface area contributed by atoms with Gasteiger partial charge in [0.15, 0.2) is 0 Å². The van der Waals surface area contributed by atoms with Crippen molar-refractivity contribution in [2.45, 2.75) is 13.5 Å². The minimum Gasteiger partial charge on any atom is -0.302 e. The van der Waals surface area contributed by atoms with Gasteiger partial charge >= 0.3 is 0 Å². The zero-order chi connectivity index (χ0) is 19.3. The molecule has 0 radical (unpaired) electrons. The molecule has 0 fully saturated rings. The number of hydrogen-bond acceptors (Lipinski definition) is 3. The van der Waals surface area contributed by atoms with Gasteiger partial charge in [-0.3, -0.25) is 9.79 Å². The fourth-order valence-electron chi connectivity index (χ4n) is 3.03. The van der Waals surface area contributed by atoms with Gasteiger partial charge in [0.1, 0.15) is 17.5 Å².